The van der Waals surface area contributed by atoms with Crippen LogP contribution in [0.15, 0.2) is 103 Å². The standard InChI is InChI=1S/C31H26N4O4/c1-20(22-12-6-3-7-13-22)35-28(36)24-14-8-9-15-25(24)31(35,39)23-16-17-26-27(18-23)33-29(32-26)34(30(37)38)19-21-10-4-2-5-11-21/h2-18,20,39H,19H2,1H3,(H,32,33)(H,37,38)/t20-,31?/m1/s1. The molecule has 1 unspecified atom stereocenters. The second kappa shape index (κ2) is 9.41. The highest BCUT2D eigenvalue weighted by Crippen LogP contribution is 2.47. The zero-order valence-electron chi connectivity index (χ0n) is 21.2. The van der Waals surface area contributed by atoms with E-state index in [1.54, 1.807) is 42.5 Å². The van der Waals surface area contributed by atoms with Crippen LogP contribution in [0, 0.1) is 0 Å². The van der Waals surface area contributed by atoms with E-state index in [-0.39, 0.29) is 18.4 Å². The van der Waals surface area contributed by atoms with Crippen molar-refractivity contribution in [3.05, 3.63) is 131 Å². The summed E-state index contributed by atoms with van der Waals surface area (Å²) in [5.74, 6) is -0.102. The van der Waals surface area contributed by atoms with Gasteiger partial charge in [0.2, 0.25) is 5.95 Å². The largest absolute Gasteiger partial charge is 0.465 e. The molecule has 0 bridgehead atoms. The molecule has 194 valence electrons. The molecule has 8 heteroatoms. The third kappa shape index (κ3) is 4.02. The lowest BCUT2D eigenvalue weighted by Crippen LogP contribution is -2.46. The van der Waals surface area contributed by atoms with Crippen LogP contribution in [-0.2, 0) is 12.3 Å². The van der Waals surface area contributed by atoms with E-state index in [1.165, 1.54) is 4.90 Å². The highest BCUT2D eigenvalue weighted by Gasteiger charge is 2.52. The SMILES string of the molecule is C[C@H](c1ccccc1)N1C(=O)c2ccccc2C1(O)c1ccc2[nH]c(N(Cc3ccccc3)C(=O)O)nc2c1. The number of hydrogen-bond acceptors (Lipinski definition) is 4. The zero-order chi connectivity index (χ0) is 27.1. The molecule has 5 aromatic rings. The molecular formula is C31H26N4O4. The molecule has 8 nitrogen and oxygen atoms in total. The Hall–Kier alpha value is -4.95. The van der Waals surface area contributed by atoms with Crippen LogP contribution in [0.3, 0.4) is 0 Å². The van der Waals surface area contributed by atoms with Crippen molar-refractivity contribution in [1.82, 2.24) is 14.9 Å². The number of hydrogen-bond donors (Lipinski definition) is 3. The van der Waals surface area contributed by atoms with Crippen LogP contribution in [0.5, 0.6) is 0 Å². The zero-order valence-corrected chi connectivity index (χ0v) is 21.2. The second-order valence-electron chi connectivity index (χ2n) is 9.63. The lowest BCUT2D eigenvalue weighted by Gasteiger charge is -2.39. The van der Waals surface area contributed by atoms with Gasteiger partial charge in [-0.3, -0.25) is 9.69 Å². The summed E-state index contributed by atoms with van der Waals surface area (Å²) < 4.78 is 0. The third-order valence-electron chi connectivity index (χ3n) is 7.31. The minimum absolute atomic E-state index is 0.122. The monoisotopic (exact) mass is 518 g/mol. The topological polar surface area (TPSA) is 110 Å². The Labute approximate surface area is 224 Å². The summed E-state index contributed by atoms with van der Waals surface area (Å²) >= 11 is 0. The van der Waals surface area contributed by atoms with Gasteiger partial charge in [-0.05, 0) is 36.2 Å². The van der Waals surface area contributed by atoms with Crippen LogP contribution < -0.4 is 4.90 Å². The lowest BCUT2D eigenvalue weighted by molar-refractivity contribution is -0.0676. The average Bonchev–Trinajstić information content (AvgIpc) is 3.49. The predicted molar refractivity (Wildman–Crippen MR) is 147 cm³/mol. The van der Waals surface area contributed by atoms with E-state index in [4.69, 9.17) is 0 Å². The van der Waals surface area contributed by atoms with Crippen LogP contribution in [0.25, 0.3) is 11.0 Å². The number of carbonyl (C=O) groups is 2. The summed E-state index contributed by atoms with van der Waals surface area (Å²) in [6, 6.07) is 30.7. The van der Waals surface area contributed by atoms with Gasteiger partial charge in [-0.2, -0.15) is 0 Å². The molecule has 1 aromatic heterocycles. The Morgan fingerprint density at radius 2 is 1.64 bits per heavy atom. The van der Waals surface area contributed by atoms with Gasteiger partial charge >= 0.3 is 6.09 Å². The third-order valence-corrected chi connectivity index (χ3v) is 7.31. The van der Waals surface area contributed by atoms with E-state index in [9.17, 15) is 19.8 Å². The number of amides is 2. The van der Waals surface area contributed by atoms with Gasteiger partial charge in [-0.15, -0.1) is 0 Å². The molecule has 3 N–H and O–H groups in total. The van der Waals surface area contributed by atoms with E-state index >= 15 is 0 Å². The molecule has 0 saturated heterocycles. The van der Waals surface area contributed by atoms with Crippen molar-refractivity contribution in [3.63, 3.8) is 0 Å². The van der Waals surface area contributed by atoms with Gasteiger partial charge in [0.15, 0.2) is 5.72 Å². The van der Waals surface area contributed by atoms with Crippen molar-refractivity contribution in [2.24, 2.45) is 0 Å². The maximum atomic E-state index is 13.7. The number of carboxylic acid groups (broad SMARTS) is 1. The van der Waals surface area contributed by atoms with Gasteiger partial charge in [-0.1, -0.05) is 84.9 Å². The smallest absolute Gasteiger partial charge is 0.414 e. The summed E-state index contributed by atoms with van der Waals surface area (Å²) in [6.45, 7) is 2.01. The number of aromatic amines is 1. The number of benzene rings is 4. The van der Waals surface area contributed by atoms with E-state index in [2.05, 4.69) is 9.97 Å². The summed E-state index contributed by atoms with van der Waals surface area (Å²) in [6.07, 6.45) is -1.14. The van der Waals surface area contributed by atoms with Crippen molar-refractivity contribution in [2.75, 3.05) is 4.90 Å². The number of nitrogens with one attached hydrogen (secondary N) is 1. The van der Waals surface area contributed by atoms with Gasteiger partial charge in [0.1, 0.15) is 0 Å². The highest BCUT2D eigenvalue weighted by molar-refractivity contribution is 6.01. The molecule has 4 aromatic carbocycles. The number of anilines is 1. The van der Waals surface area contributed by atoms with Crippen molar-refractivity contribution in [1.29, 1.82) is 0 Å². The summed E-state index contributed by atoms with van der Waals surface area (Å²) in [7, 11) is 0. The fourth-order valence-corrected chi connectivity index (χ4v) is 5.35. The van der Waals surface area contributed by atoms with E-state index < -0.39 is 17.9 Å². The number of nitrogens with zero attached hydrogens (tertiary/aromatic N) is 3. The Morgan fingerprint density at radius 1 is 0.974 bits per heavy atom. The molecule has 2 atom stereocenters. The predicted octanol–water partition coefficient (Wildman–Crippen LogP) is 5.66. The van der Waals surface area contributed by atoms with Crippen molar-refractivity contribution < 1.29 is 19.8 Å². The first-order chi connectivity index (χ1) is 18.9. The first-order valence-corrected chi connectivity index (χ1v) is 12.6. The van der Waals surface area contributed by atoms with Crippen LogP contribution in [0.4, 0.5) is 10.7 Å². The molecule has 2 amide bonds. The van der Waals surface area contributed by atoms with Crippen molar-refractivity contribution >= 4 is 29.0 Å². The number of rotatable bonds is 6. The summed E-state index contributed by atoms with van der Waals surface area (Å²) in [5, 5.41) is 22.3. The molecule has 6 rings (SSSR count). The normalized spacial score (nSPS) is 17.3. The van der Waals surface area contributed by atoms with Gasteiger partial charge in [-0.25, -0.2) is 14.7 Å². The molecule has 0 spiro atoms. The first kappa shape index (κ1) is 24.4. The second-order valence-corrected chi connectivity index (χ2v) is 9.63. The molecule has 39 heavy (non-hydrogen) atoms. The molecule has 1 aliphatic heterocycles. The molecule has 0 aliphatic carbocycles. The molecule has 0 fully saturated rings. The van der Waals surface area contributed by atoms with Crippen LogP contribution in [-0.4, -0.2) is 37.1 Å². The number of aliphatic hydroxyl groups is 1. The Bertz CT molecular complexity index is 1690. The maximum absolute atomic E-state index is 13.7. The Morgan fingerprint density at radius 3 is 2.36 bits per heavy atom. The molecule has 0 radical (unpaired) electrons. The number of carbonyl (C=O) groups excluding carboxylic acids is 1. The lowest BCUT2D eigenvalue weighted by atomic mass is 9.92. The average molecular weight is 519 g/mol. The highest BCUT2D eigenvalue weighted by atomic mass is 16.4. The minimum atomic E-state index is -1.76. The fraction of sp³-hybridized carbons (Fsp3) is 0.129. The minimum Gasteiger partial charge on any atom is -0.465 e. The number of aromatic nitrogens is 2. The number of imidazole rings is 1. The van der Waals surface area contributed by atoms with Gasteiger partial charge in [0.05, 0.1) is 23.6 Å². The van der Waals surface area contributed by atoms with Gasteiger partial charge < -0.3 is 15.2 Å². The quantitative estimate of drug-likeness (QED) is 0.269. The van der Waals surface area contributed by atoms with Crippen LogP contribution >= 0.6 is 0 Å². The molecule has 2 heterocycles. The molecule has 0 saturated carbocycles. The van der Waals surface area contributed by atoms with Crippen LogP contribution in [0.2, 0.25) is 0 Å². The van der Waals surface area contributed by atoms with Gasteiger partial charge in [0.25, 0.3) is 5.91 Å². The van der Waals surface area contributed by atoms with E-state index in [0.717, 1.165) is 16.0 Å². The van der Waals surface area contributed by atoms with Crippen molar-refractivity contribution in [3.8, 4) is 0 Å². The number of fused-ring (bicyclic) bond motifs is 2. The van der Waals surface area contributed by atoms with Crippen molar-refractivity contribution in [2.45, 2.75) is 25.2 Å². The molecular weight excluding hydrogens is 492 g/mol. The Kier molecular flexibility index (Phi) is 5.89. The number of H-pyrrole nitrogens is 1. The van der Waals surface area contributed by atoms with E-state index in [0.29, 0.717) is 27.7 Å². The maximum Gasteiger partial charge on any atom is 0.414 e. The fourth-order valence-electron chi connectivity index (χ4n) is 5.35. The van der Waals surface area contributed by atoms with E-state index in [1.807, 2.05) is 67.6 Å². The van der Waals surface area contributed by atoms with Crippen LogP contribution in [0.1, 0.15) is 45.6 Å². The Balaban J connectivity index is 1.44. The molecule has 1 aliphatic rings. The summed E-state index contributed by atoms with van der Waals surface area (Å²) in [4.78, 5) is 36.1. The summed E-state index contributed by atoms with van der Waals surface area (Å²) in [5.41, 5.74) is 2.41. The van der Waals surface area contributed by atoms with Gasteiger partial charge in [0, 0.05) is 16.7 Å². The first-order valence-electron chi connectivity index (χ1n) is 12.6.